The fourth-order valence-corrected chi connectivity index (χ4v) is 4.17. The van der Waals surface area contributed by atoms with E-state index in [9.17, 15) is 9.59 Å². The number of esters is 2. The summed E-state index contributed by atoms with van der Waals surface area (Å²) in [6.07, 6.45) is 1.77. The van der Waals surface area contributed by atoms with Crippen LogP contribution in [0.25, 0.3) is 0 Å². The van der Waals surface area contributed by atoms with Gasteiger partial charge in [0, 0.05) is 0 Å². The van der Waals surface area contributed by atoms with Crippen molar-refractivity contribution < 1.29 is 19.1 Å². The summed E-state index contributed by atoms with van der Waals surface area (Å²) in [6, 6.07) is 25.0. The Bertz CT molecular complexity index is 1110. The molecule has 0 saturated carbocycles. The third-order valence-electron chi connectivity index (χ3n) is 6.06. The summed E-state index contributed by atoms with van der Waals surface area (Å²) >= 11 is 0. The standard InChI is InChI=1S/C31H37NO4/c1-22(2)17-28(31(34)36-21-25-9-6-5-7-10-25)32-29(30(33)35-4)20-27-12-8-11-26(19-27)18-24-15-13-23(3)14-16-24/h5-16,19,22,28-29,32H,17-18,20-21H2,1-4H3/t28-,29-/m0/s1. The molecule has 190 valence electrons. The Morgan fingerprint density at radius 3 is 2.11 bits per heavy atom. The second-order valence-electron chi connectivity index (χ2n) is 9.70. The van der Waals surface area contributed by atoms with Gasteiger partial charge in [0.05, 0.1) is 7.11 Å². The van der Waals surface area contributed by atoms with Gasteiger partial charge in [0.25, 0.3) is 0 Å². The highest BCUT2D eigenvalue weighted by molar-refractivity contribution is 5.80. The lowest BCUT2D eigenvalue weighted by Crippen LogP contribution is -2.49. The average molecular weight is 488 g/mol. The molecule has 5 heteroatoms. The summed E-state index contributed by atoms with van der Waals surface area (Å²) in [7, 11) is 1.37. The molecule has 0 heterocycles. The molecule has 0 aliphatic rings. The summed E-state index contributed by atoms with van der Waals surface area (Å²) in [5, 5.41) is 3.25. The number of benzene rings is 3. The van der Waals surface area contributed by atoms with E-state index in [1.807, 2.05) is 56.3 Å². The Hall–Kier alpha value is -3.44. The smallest absolute Gasteiger partial charge is 0.323 e. The normalized spacial score (nSPS) is 12.7. The third kappa shape index (κ3) is 8.65. The van der Waals surface area contributed by atoms with Crippen LogP contribution in [0.15, 0.2) is 78.9 Å². The zero-order chi connectivity index (χ0) is 25.9. The zero-order valence-corrected chi connectivity index (χ0v) is 21.7. The minimum atomic E-state index is -0.669. The highest BCUT2D eigenvalue weighted by Gasteiger charge is 2.29. The quantitative estimate of drug-likeness (QED) is 0.346. The van der Waals surface area contributed by atoms with Crippen LogP contribution in [0.3, 0.4) is 0 Å². The van der Waals surface area contributed by atoms with Crippen molar-refractivity contribution in [3.63, 3.8) is 0 Å². The van der Waals surface area contributed by atoms with E-state index < -0.39 is 18.1 Å². The fraction of sp³-hybridized carbons (Fsp3) is 0.355. The van der Waals surface area contributed by atoms with Crippen molar-refractivity contribution in [2.45, 2.75) is 58.7 Å². The molecule has 0 amide bonds. The topological polar surface area (TPSA) is 64.6 Å². The van der Waals surface area contributed by atoms with E-state index in [1.165, 1.54) is 23.8 Å². The minimum Gasteiger partial charge on any atom is -0.468 e. The van der Waals surface area contributed by atoms with Gasteiger partial charge in [-0.1, -0.05) is 98.3 Å². The molecule has 0 radical (unpaired) electrons. The van der Waals surface area contributed by atoms with E-state index in [0.29, 0.717) is 12.8 Å². The van der Waals surface area contributed by atoms with Gasteiger partial charge in [-0.3, -0.25) is 14.9 Å². The average Bonchev–Trinajstić information content (AvgIpc) is 2.88. The number of carbonyl (C=O) groups excluding carboxylic acids is 2. The van der Waals surface area contributed by atoms with Gasteiger partial charge in [0.2, 0.25) is 0 Å². The van der Waals surface area contributed by atoms with Crippen molar-refractivity contribution in [2.24, 2.45) is 5.92 Å². The van der Waals surface area contributed by atoms with Crippen LogP contribution in [0.5, 0.6) is 0 Å². The molecule has 3 aromatic rings. The number of nitrogens with one attached hydrogen (secondary N) is 1. The van der Waals surface area contributed by atoms with E-state index in [0.717, 1.165) is 17.5 Å². The van der Waals surface area contributed by atoms with Crippen LogP contribution in [-0.2, 0) is 38.5 Å². The highest BCUT2D eigenvalue weighted by atomic mass is 16.5. The maximum Gasteiger partial charge on any atom is 0.323 e. The lowest BCUT2D eigenvalue weighted by molar-refractivity contribution is -0.149. The van der Waals surface area contributed by atoms with Crippen LogP contribution in [0, 0.1) is 12.8 Å². The Morgan fingerprint density at radius 1 is 0.778 bits per heavy atom. The fourth-order valence-electron chi connectivity index (χ4n) is 4.17. The maximum absolute atomic E-state index is 13.0. The molecule has 0 bridgehead atoms. The van der Waals surface area contributed by atoms with Crippen LogP contribution < -0.4 is 5.32 Å². The lowest BCUT2D eigenvalue weighted by atomic mass is 9.97. The Morgan fingerprint density at radius 2 is 1.44 bits per heavy atom. The largest absolute Gasteiger partial charge is 0.468 e. The van der Waals surface area contributed by atoms with Gasteiger partial charge in [-0.25, -0.2) is 0 Å². The van der Waals surface area contributed by atoms with E-state index in [2.05, 4.69) is 48.6 Å². The van der Waals surface area contributed by atoms with E-state index in [4.69, 9.17) is 9.47 Å². The third-order valence-corrected chi connectivity index (χ3v) is 6.06. The first-order chi connectivity index (χ1) is 17.3. The van der Waals surface area contributed by atoms with Crippen LogP contribution in [-0.4, -0.2) is 31.1 Å². The number of rotatable bonds is 12. The predicted molar refractivity (Wildman–Crippen MR) is 143 cm³/mol. The van der Waals surface area contributed by atoms with Crippen LogP contribution >= 0.6 is 0 Å². The molecule has 0 aliphatic carbocycles. The first-order valence-corrected chi connectivity index (χ1v) is 12.5. The predicted octanol–water partition coefficient (Wildman–Crippen LogP) is 5.42. The number of hydrogen-bond acceptors (Lipinski definition) is 5. The Labute approximate surface area is 214 Å². The van der Waals surface area contributed by atoms with Gasteiger partial charge in [-0.15, -0.1) is 0 Å². The monoisotopic (exact) mass is 487 g/mol. The number of carbonyl (C=O) groups is 2. The van der Waals surface area contributed by atoms with Crippen molar-refractivity contribution in [2.75, 3.05) is 7.11 Å². The lowest BCUT2D eigenvalue weighted by Gasteiger charge is -2.24. The van der Waals surface area contributed by atoms with Crippen molar-refractivity contribution >= 4 is 11.9 Å². The molecular weight excluding hydrogens is 450 g/mol. The minimum absolute atomic E-state index is 0.194. The van der Waals surface area contributed by atoms with Gasteiger partial charge in [-0.05, 0) is 54.4 Å². The Kier molecular flexibility index (Phi) is 10.3. The molecule has 0 aromatic heterocycles. The first kappa shape index (κ1) is 27.2. The SMILES string of the molecule is COC(=O)[C@H](Cc1cccc(Cc2ccc(C)cc2)c1)N[C@@H](CC(C)C)C(=O)OCc1ccccc1. The molecule has 0 spiro atoms. The molecule has 5 nitrogen and oxygen atoms in total. The van der Waals surface area contributed by atoms with Crippen molar-refractivity contribution in [3.05, 3.63) is 107 Å². The van der Waals surface area contributed by atoms with Crippen LogP contribution in [0.4, 0.5) is 0 Å². The number of ether oxygens (including phenoxy) is 2. The maximum atomic E-state index is 13.0. The number of methoxy groups -OCH3 is 1. The molecule has 1 N–H and O–H groups in total. The number of aryl methyl sites for hydroxylation is 1. The van der Waals surface area contributed by atoms with E-state index in [1.54, 1.807) is 0 Å². The van der Waals surface area contributed by atoms with Gasteiger partial charge in [-0.2, -0.15) is 0 Å². The van der Waals surface area contributed by atoms with Gasteiger partial charge >= 0.3 is 11.9 Å². The molecule has 3 aromatic carbocycles. The van der Waals surface area contributed by atoms with Crippen LogP contribution in [0.2, 0.25) is 0 Å². The summed E-state index contributed by atoms with van der Waals surface area (Å²) in [5.41, 5.74) is 5.56. The molecule has 3 rings (SSSR count). The summed E-state index contributed by atoms with van der Waals surface area (Å²) in [5.74, 6) is -0.527. The molecule has 0 saturated heterocycles. The molecular formula is C31H37NO4. The molecule has 2 atom stereocenters. The molecule has 36 heavy (non-hydrogen) atoms. The van der Waals surface area contributed by atoms with E-state index in [-0.39, 0.29) is 18.5 Å². The summed E-state index contributed by atoms with van der Waals surface area (Å²) < 4.78 is 10.7. The zero-order valence-electron chi connectivity index (χ0n) is 21.7. The summed E-state index contributed by atoms with van der Waals surface area (Å²) in [6.45, 7) is 6.36. The van der Waals surface area contributed by atoms with Crippen LogP contribution in [0.1, 0.15) is 48.1 Å². The summed E-state index contributed by atoms with van der Waals surface area (Å²) in [4.78, 5) is 25.7. The molecule has 0 unspecified atom stereocenters. The van der Waals surface area contributed by atoms with E-state index >= 15 is 0 Å². The van der Waals surface area contributed by atoms with Gasteiger partial charge in [0.15, 0.2) is 0 Å². The second-order valence-corrected chi connectivity index (χ2v) is 9.70. The highest BCUT2D eigenvalue weighted by Crippen LogP contribution is 2.16. The first-order valence-electron chi connectivity index (χ1n) is 12.5. The van der Waals surface area contributed by atoms with Gasteiger partial charge < -0.3 is 9.47 Å². The van der Waals surface area contributed by atoms with Gasteiger partial charge in [0.1, 0.15) is 18.7 Å². The van der Waals surface area contributed by atoms with Crippen molar-refractivity contribution in [1.29, 1.82) is 0 Å². The second kappa shape index (κ2) is 13.6. The molecule has 0 fully saturated rings. The molecule has 0 aliphatic heterocycles. The van der Waals surface area contributed by atoms with Crippen molar-refractivity contribution in [1.82, 2.24) is 5.32 Å². The van der Waals surface area contributed by atoms with Crippen molar-refractivity contribution in [3.8, 4) is 0 Å². The Balaban J connectivity index is 1.71. The number of hydrogen-bond donors (Lipinski definition) is 1.